The molecule has 3 aromatic rings. The van der Waals surface area contributed by atoms with Crippen LogP contribution in [-0.2, 0) is 0 Å². The van der Waals surface area contributed by atoms with Crippen molar-refractivity contribution in [3.8, 4) is 28.6 Å². The van der Waals surface area contributed by atoms with Crippen LogP contribution < -0.4 is 14.8 Å². The first-order valence-electron chi connectivity index (χ1n) is 9.15. The van der Waals surface area contributed by atoms with Crippen LogP contribution in [0.3, 0.4) is 0 Å². The number of methoxy groups -OCH3 is 1. The summed E-state index contributed by atoms with van der Waals surface area (Å²) in [5, 5.41) is 2.96. The van der Waals surface area contributed by atoms with E-state index in [2.05, 4.69) is 15.3 Å². The van der Waals surface area contributed by atoms with Gasteiger partial charge in [-0.15, -0.1) is 0 Å². The van der Waals surface area contributed by atoms with Gasteiger partial charge in [0.15, 0.2) is 11.5 Å². The molecule has 1 N–H and O–H groups in total. The Bertz CT molecular complexity index is 942. The lowest BCUT2D eigenvalue weighted by molar-refractivity contribution is 0.0939. The van der Waals surface area contributed by atoms with Crippen molar-refractivity contribution in [2.24, 2.45) is 0 Å². The number of carbonyl (C=O) groups excluding carboxylic acids is 1. The van der Waals surface area contributed by atoms with Gasteiger partial charge in [0.05, 0.1) is 12.8 Å². The minimum Gasteiger partial charge on any atom is -0.493 e. The number of aromatic nitrogens is 2. The number of hydrogen-bond donors (Lipinski definition) is 1. The Hall–Kier alpha value is -3.41. The lowest BCUT2D eigenvalue weighted by Gasteiger charge is -2.12. The Balaban J connectivity index is 1.77. The van der Waals surface area contributed by atoms with Gasteiger partial charge >= 0.3 is 0 Å². The fourth-order valence-corrected chi connectivity index (χ4v) is 2.57. The van der Waals surface area contributed by atoms with E-state index in [0.717, 1.165) is 12.0 Å². The molecule has 0 saturated carbocycles. The number of para-hydroxylation sites is 2. The summed E-state index contributed by atoms with van der Waals surface area (Å²) in [5.74, 6) is 1.53. The van der Waals surface area contributed by atoms with Crippen molar-refractivity contribution >= 4 is 5.91 Å². The van der Waals surface area contributed by atoms with E-state index in [9.17, 15) is 4.79 Å². The van der Waals surface area contributed by atoms with E-state index in [1.807, 2.05) is 50.2 Å². The molecule has 6 nitrogen and oxygen atoms in total. The first-order chi connectivity index (χ1) is 13.6. The van der Waals surface area contributed by atoms with Gasteiger partial charge in [0.2, 0.25) is 5.88 Å². The SMILES string of the molecule is CCC(C)NC(=O)c1ccc(-c2cc(Oc3ccccc3OC)ncn2)cc1. The van der Waals surface area contributed by atoms with E-state index in [1.54, 1.807) is 25.3 Å². The second-order valence-electron chi connectivity index (χ2n) is 6.35. The summed E-state index contributed by atoms with van der Waals surface area (Å²) in [6.07, 6.45) is 2.34. The molecule has 28 heavy (non-hydrogen) atoms. The molecule has 0 saturated heterocycles. The van der Waals surface area contributed by atoms with Crippen LogP contribution >= 0.6 is 0 Å². The van der Waals surface area contributed by atoms with Crippen molar-refractivity contribution in [1.29, 1.82) is 0 Å². The Morgan fingerprint density at radius 2 is 1.79 bits per heavy atom. The van der Waals surface area contributed by atoms with E-state index in [0.29, 0.717) is 28.6 Å². The molecule has 3 rings (SSSR count). The van der Waals surface area contributed by atoms with Gasteiger partial charge in [0, 0.05) is 23.2 Å². The van der Waals surface area contributed by atoms with Gasteiger partial charge in [-0.3, -0.25) is 4.79 Å². The van der Waals surface area contributed by atoms with Crippen LogP contribution in [0, 0.1) is 0 Å². The molecular weight excluding hydrogens is 354 g/mol. The molecule has 1 heterocycles. The molecule has 0 aliphatic rings. The third-order valence-electron chi connectivity index (χ3n) is 4.36. The highest BCUT2D eigenvalue weighted by atomic mass is 16.5. The van der Waals surface area contributed by atoms with Crippen LogP contribution in [0.2, 0.25) is 0 Å². The normalized spacial score (nSPS) is 11.5. The highest BCUT2D eigenvalue weighted by Gasteiger charge is 2.10. The minimum absolute atomic E-state index is 0.0798. The first-order valence-corrected chi connectivity index (χ1v) is 9.15. The predicted molar refractivity (Wildman–Crippen MR) is 108 cm³/mol. The second-order valence-corrected chi connectivity index (χ2v) is 6.35. The Labute approximate surface area is 164 Å². The van der Waals surface area contributed by atoms with Crippen molar-refractivity contribution < 1.29 is 14.3 Å². The van der Waals surface area contributed by atoms with E-state index < -0.39 is 0 Å². The van der Waals surface area contributed by atoms with Gasteiger partial charge in [-0.1, -0.05) is 31.2 Å². The highest BCUT2D eigenvalue weighted by molar-refractivity contribution is 5.94. The Morgan fingerprint density at radius 3 is 2.46 bits per heavy atom. The molecule has 6 heteroatoms. The molecule has 0 fully saturated rings. The fourth-order valence-electron chi connectivity index (χ4n) is 2.57. The van der Waals surface area contributed by atoms with E-state index >= 15 is 0 Å². The smallest absolute Gasteiger partial charge is 0.251 e. The van der Waals surface area contributed by atoms with Crippen molar-refractivity contribution in [2.75, 3.05) is 7.11 Å². The number of amides is 1. The van der Waals surface area contributed by atoms with E-state index in [-0.39, 0.29) is 11.9 Å². The van der Waals surface area contributed by atoms with Crippen molar-refractivity contribution in [2.45, 2.75) is 26.3 Å². The van der Waals surface area contributed by atoms with Gasteiger partial charge < -0.3 is 14.8 Å². The molecule has 2 aromatic carbocycles. The van der Waals surface area contributed by atoms with Crippen LogP contribution in [-0.4, -0.2) is 29.0 Å². The van der Waals surface area contributed by atoms with Crippen LogP contribution in [0.4, 0.5) is 0 Å². The third-order valence-corrected chi connectivity index (χ3v) is 4.36. The number of ether oxygens (including phenoxy) is 2. The first kappa shape index (κ1) is 19.4. The number of carbonyl (C=O) groups is 1. The molecule has 0 aliphatic heterocycles. The van der Waals surface area contributed by atoms with Crippen LogP contribution in [0.25, 0.3) is 11.3 Å². The predicted octanol–water partition coefficient (Wildman–Crippen LogP) is 4.47. The summed E-state index contributed by atoms with van der Waals surface area (Å²) >= 11 is 0. The number of nitrogens with one attached hydrogen (secondary N) is 1. The second kappa shape index (κ2) is 8.99. The molecule has 1 atom stereocenters. The standard InChI is InChI=1S/C22H23N3O3/c1-4-15(2)25-22(26)17-11-9-16(10-12-17)18-13-21(24-14-23-18)28-20-8-6-5-7-19(20)27-3/h5-15H,4H2,1-3H3,(H,25,26). The summed E-state index contributed by atoms with van der Waals surface area (Å²) in [4.78, 5) is 20.7. The maximum absolute atomic E-state index is 12.2. The minimum atomic E-state index is -0.0798. The quantitative estimate of drug-likeness (QED) is 0.657. The molecule has 144 valence electrons. The Kier molecular flexibility index (Phi) is 6.22. The van der Waals surface area contributed by atoms with Crippen LogP contribution in [0.5, 0.6) is 17.4 Å². The van der Waals surface area contributed by atoms with Gasteiger partial charge in [-0.2, -0.15) is 0 Å². The van der Waals surface area contributed by atoms with Gasteiger partial charge in [0.25, 0.3) is 5.91 Å². The monoisotopic (exact) mass is 377 g/mol. The van der Waals surface area contributed by atoms with Gasteiger partial charge in [0.1, 0.15) is 6.33 Å². The Morgan fingerprint density at radius 1 is 1.07 bits per heavy atom. The van der Waals surface area contributed by atoms with Crippen LogP contribution in [0.1, 0.15) is 30.6 Å². The molecule has 0 spiro atoms. The molecule has 1 unspecified atom stereocenters. The summed E-state index contributed by atoms with van der Waals surface area (Å²) in [7, 11) is 1.59. The topological polar surface area (TPSA) is 73.3 Å². The van der Waals surface area contributed by atoms with E-state index in [1.165, 1.54) is 6.33 Å². The number of benzene rings is 2. The summed E-state index contributed by atoms with van der Waals surface area (Å²) < 4.78 is 11.1. The maximum atomic E-state index is 12.2. The van der Waals surface area contributed by atoms with Gasteiger partial charge in [-0.05, 0) is 37.6 Å². The molecular formula is C22H23N3O3. The molecule has 1 amide bonds. The summed E-state index contributed by atoms with van der Waals surface area (Å²) in [6.45, 7) is 4.02. The van der Waals surface area contributed by atoms with Crippen molar-refractivity contribution in [3.05, 3.63) is 66.5 Å². The fraction of sp³-hybridized carbons (Fsp3) is 0.227. The molecule has 0 aliphatic carbocycles. The molecule has 0 bridgehead atoms. The lowest BCUT2D eigenvalue weighted by Crippen LogP contribution is -2.31. The largest absolute Gasteiger partial charge is 0.493 e. The zero-order valence-electron chi connectivity index (χ0n) is 16.2. The van der Waals surface area contributed by atoms with Crippen LogP contribution in [0.15, 0.2) is 60.9 Å². The lowest BCUT2D eigenvalue weighted by atomic mass is 10.1. The number of nitrogens with zero attached hydrogens (tertiary/aromatic N) is 2. The van der Waals surface area contributed by atoms with Crippen molar-refractivity contribution in [3.63, 3.8) is 0 Å². The number of rotatable bonds is 7. The summed E-state index contributed by atoms with van der Waals surface area (Å²) in [5.41, 5.74) is 2.18. The van der Waals surface area contributed by atoms with Gasteiger partial charge in [-0.25, -0.2) is 9.97 Å². The molecule has 1 aromatic heterocycles. The summed E-state index contributed by atoms with van der Waals surface area (Å²) in [6, 6.07) is 16.6. The number of hydrogen-bond acceptors (Lipinski definition) is 5. The van der Waals surface area contributed by atoms with Crippen molar-refractivity contribution in [1.82, 2.24) is 15.3 Å². The maximum Gasteiger partial charge on any atom is 0.251 e. The zero-order chi connectivity index (χ0) is 19.9. The highest BCUT2D eigenvalue weighted by Crippen LogP contribution is 2.31. The average molecular weight is 377 g/mol. The molecule has 0 radical (unpaired) electrons. The average Bonchev–Trinajstić information content (AvgIpc) is 2.74. The zero-order valence-corrected chi connectivity index (χ0v) is 16.2. The third kappa shape index (κ3) is 4.65. The van der Waals surface area contributed by atoms with E-state index in [4.69, 9.17) is 9.47 Å².